The van der Waals surface area contributed by atoms with Gasteiger partial charge < -0.3 is 0 Å². The summed E-state index contributed by atoms with van der Waals surface area (Å²) in [6, 6.07) is 3.97. The highest BCUT2D eigenvalue weighted by atomic mass is 15.1. The minimum absolute atomic E-state index is 1.07. The lowest BCUT2D eigenvalue weighted by Crippen LogP contribution is -1.90. The fourth-order valence-electron chi connectivity index (χ4n) is 1.02. The smallest absolute Gasteiger partial charge is 0.0631 e. The summed E-state index contributed by atoms with van der Waals surface area (Å²) in [7, 11) is 0. The van der Waals surface area contributed by atoms with Gasteiger partial charge in [0, 0.05) is 6.20 Å². The third-order valence-corrected chi connectivity index (χ3v) is 1.66. The predicted molar refractivity (Wildman–Crippen MR) is 45.3 cm³/mol. The van der Waals surface area contributed by atoms with Crippen molar-refractivity contribution in [3.05, 3.63) is 24.0 Å². The van der Waals surface area contributed by atoms with Crippen LogP contribution in [0.3, 0.4) is 0 Å². The van der Waals surface area contributed by atoms with Gasteiger partial charge in [-0.2, -0.15) is 10.2 Å². The molecule has 0 saturated carbocycles. The molecule has 0 unspecified atom stereocenters. The summed E-state index contributed by atoms with van der Waals surface area (Å²) in [4.78, 5) is 0. The molecule has 0 atom stereocenters. The Morgan fingerprint density at radius 3 is 2.91 bits per heavy atom. The maximum absolute atomic E-state index is 4.00. The van der Waals surface area contributed by atoms with Gasteiger partial charge in [0.05, 0.1) is 5.69 Å². The van der Waals surface area contributed by atoms with Gasteiger partial charge in [-0.1, -0.05) is 19.8 Å². The third-order valence-electron chi connectivity index (χ3n) is 1.66. The number of unbranched alkanes of at least 4 members (excludes halogenated alkanes) is 2. The molecule has 0 aromatic carbocycles. The predicted octanol–water partition coefficient (Wildman–Crippen LogP) is 2.21. The summed E-state index contributed by atoms with van der Waals surface area (Å²) in [5.74, 6) is 0. The average Bonchev–Trinajstić information content (AvgIpc) is 2.07. The Bertz CT molecular complexity index is 184. The Balaban J connectivity index is 2.28. The van der Waals surface area contributed by atoms with Gasteiger partial charge in [0.15, 0.2) is 0 Å². The molecule has 0 spiro atoms. The molecule has 11 heavy (non-hydrogen) atoms. The zero-order chi connectivity index (χ0) is 7.94. The van der Waals surface area contributed by atoms with E-state index in [1.165, 1.54) is 19.3 Å². The molecule has 2 heteroatoms. The van der Waals surface area contributed by atoms with Gasteiger partial charge >= 0.3 is 0 Å². The lowest BCUT2D eigenvalue weighted by Gasteiger charge is -1.96. The molecule has 0 aliphatic rings. The van der Waals surface area contributed by atoms with Gasteiger partial charge in [-0.15, -0.1) is 0 Å². The monoisotopic (exact) mass is 150 g/mol. The molecule has 2 nitrogen and oxygen atoms in total. The molecule has 1 rings (SSSR count). The number of rotatable bonds is 4. The van der Waals surface area contributed by atoms with Crippen LogP contribution in [0.15, 0.2) is 18.3 Å². The Kier molecular flexibility index (Phi) is 3.59. The van der Waals surface area contributed by atoms with Crippen LogP contribution in [0.4, 0.5) is 0 Å². The molecule has 1 aromatic heterocycles. The average molecular weight is 150 g/mol. The van der Waals surface area contributed by atoms with E-state index in [4.69, 9.17) is 0 Å². The maximum Gasteiger partial charge on any atom is 0.0631 e. The van der Waals surface area contributed by atoms with Crippen LogP contribution in [-0.2, 0) is 6.42 Å². The lowest BCUT2D eigenvalue weighted by molar-refractivity contribution is 0.699. The van der Waals surface area contributed by atoms with E-state index < -0.39 is 0 Å². The minimum atomic E-state index is 1.07. The second kappa shape index (κ2) is 4.83. The van der Waals surface area contributed by atoms with E-state index in [9.17, 15) is 0 Å². The molecular formula is C9H14N2. The van der Waals surface area contributed by atoms with Gasteiger partial charge in [-0.3, -0.25) is 0 Å². The summed E-state index contributed by atoms with van der Waals surface area (Å²) in [6.45, 7) is 2.21. The summed E-state index contributed by atoms with van der Waals surface area (Å²) in [5, 5.41) is 7.81. The van der Waals surface area contributed by atoms with Crippen LogP contribution in [0.25, 0.3) is 0 Å². The normalized spacial score (nSPS) is 9.91. The summed E-state index contributed by atoms with van der Waals surface area (Å²) < 4.78 is 0. The van der Waals surface area contributed by atoms with Gasteiger partial charge in [-0.05, 0) is 25.0 Å². The topological polar surface area (TPSA) is 25.8 Å². The molecule has 0 amide bonds. The Hall–Kier alpha value is -0.920. The number of hydrogen-bond acceptors (Lipinski definition) is 2. The zero-order valence-corrected chi connectivity index (χ0v) is 6.95. The Labute approximate surface area is 67.7 Å². The highest BCUT2D eigenvalue weighted by molar-refractivity contribution is 4.98. The molecule has 0 aliphatic heterocycles. The molecular weight excluding hydrogens is 136 g/mol. The van der Waals surface area contributed by atoms with Crippen LogP contribution < -0.4 is 0 Å². The number of hydrogen-bond donors (Lipinski definition) is 0. The molecule has 0 saturated heterocycles. The zero-order valence-electron chi connectivity index (χ0n) is 6.95. The van der Waals surface area contributed by atoms with E-state index in [-0.39, 0.29) is 0 Å². The molecule has 0 bridgehead atoms. The first-order valence-corrected chi connectivity index (χ1v) is 4.20. The van der Waals surface area contributed by atoms with Crippen molar-refractivity contribution < 1.29 is 0 Å². The first-order chi connectivity index (χ1) is 5.43. The van der Waals surface area contributed by atoms with E-state index in [1.54, 1.807) is 6.20 Å². The molecule has 1 aromatic rings. The van der Waals surface area contributed by atoms with Gasteiger partial charge in [-0.25, -0.2) is 0 Å². The summed E-state index contributed by atoms with van der Waals surface area (Å²) >= 11 is 0. The second-order valence-corrected chi connectivity index (χ2v) is 2.67. The van der Waals surface area contributed by atoms with Crippen molar-refractivity contribution >= 4 is 0 Å². The third kappa shape index (κ3) is 3.12. The van der Waals surface area contributed by atoms with E-state index in [1.807, 2.05) is 12.1 Å². The lowest BCUT2D eigenvalue weighted by atomic mass is 10.1. The van der Waals surface area contributed by atoms with Gasteiger partial charge in [0.2, 0.25) is 0 Å². The van der Waals surface area contributed by atoms with Crippen molar-refractivity contribution in [1.82, 2.24) is 10.2 Å². The molecule has 60 valence electrons. The van der Waals surface area contributed by atoms with E-state index in [0.29, 0.717) is 0 Å². The first-order valence-electron chi connectivity index (χ1n) is 4.20. The van der Waals surface area contributed by atoms with Crippen molar-refractivity contribution in [3.63, 3.8) is 0 Å². The van der Waals surface area contributed by atoms with Crippen LogP contribution in [-0.4, -0.2) is 10.2 Å². The fourth-order valence-corrected chi connectivity index (χ4v) is 1.02. The van der Waals surface area contributed by atoms with Crippen molar-refractivity contribution in [3.8, 4) is 0 Å². The molecule has 0 aliphatic carbocycles. The second-order valence-electron chi connectivity index (χ2n) is 2.67. The first kappa shape index (κ1) is 8.18. The van der Waals surface area contributed by atoms with Crippen molar-refractivity contribution in [2.45, 2.75) is 32.6 Å². The van der Waals surface area contributed by atoms with E-state index in [2.05, 4.69) is 17.1 Å². The molecule has 1 heterocycles. The van der Waals surface area contributed by atoms with E-state index in [0.717, 1.165) is 12.1 Å². The number of nitrogens with zero attached hydrogens (tertiary/aromatic N) is 2. The Morgan fingerprint density at radius 2 is 2.27 bits per heavy atom. The summed E-state index contributed by atoms with van der Waals surface area (Å²) in [5.41, 5.74) is 1.11. The quantitative estimate of drug-likeness (QED) is 0.615. The van der Waals surface area contributed by atoms with Gasteiger partial charge in [0.25, 0.3) is 0 Å². The largest absolute Gasteiger partial charge is 0.159 e. The summed E-state index contributed by atoms with van der Waals surface area (Å²) in [6.07, 6.45) is 6.57. The highest BCUT2D eigenvalue weighted by Crippen LogP contribution is 2.01. The maximum atomic E-state index is 4.00. The van der Waals surface area contributed by atoms with E-state index >= 15 is 0 Å². The van der Waals surface area contributed by atoms with Crippen LogP contribution in [0, 0.1) is 0 Å². The molecule has 0 radical (unpaired) electrons. The van der Waals surface area contributed by atoms with Crippen LogP contribution in [0.5, 0.6) is 0 Å². The van der Waals surface area contributed by atoms with Crippen molar-refractivity contribution in [2.24, 2.45) is 0 Å². The number of aryl methyl sites for hydroxylation is 1. The molecule has 0 fully saturated rings. The SMILES string of the molecule is CCCCCc1cccnn1. The van der Waals surface area contributed by atoms with Gasteiger partial charge in [0.1, 0.15) is 0 Å². The molecule has 0 N–H and O–H groups in total. The van der Waals surface area contributed by atoms with Crippen LogP contribution in [0.2, 0.25) is 0 Å². The van der Waals surface area contributed by atoms with Crippen LogP contribution in [0.1, 0.15) is 31.9 Å². The Morgan fingerprint density at radius 1 is 1.36 bits per heavy atom. The number of aromatic nitrogens is 2. The van der Waals surface area contributed by atoms with Crippen molar-refractivity contribution in [1.29, 1.82) is 0 Å². The highest BCUT2D eigenvalue weighted by Gasteiger charge is 1.91. The minimum Gasteiger partial charge on any atom is -0.159 e. The van der Waals surface area contributed by atoms with Crippen LogP contribution >= 0.6 is 0 Å². The standard InChI is InChI=1S/C9H14N2/c1-2-3-4-6-9-7-5-8-10-11-9/h5,7-8H,2-4,6H2,1H3. The van der Waals surface area contributed by atoms with Crippen molar-refractivity contribution in [2.75, 3.05) is 0 Å². The fraction of sp³-hybridized carbons (Fsp3) is 0.556.